The summed E-state index contributed by atoms with van der Waals surface area (Å²) in [5.41, 5.74) is 2.33. The fraction of sp³-hybridized carbons (Fsp3) is 0.333. The van der Waals surface area contributed by atoms with Crippen molar-refractivity contribution in [2.75, 3.05) is 12.3 Å². The van der Waals surface area contributed by atoms with Crippen LogP contribution in [0, 0.1) is 6.92 Å². The van der Waals surface area contributed by atoms with Gasteiger partial charge in [-0.1, -0.05) is 18.2 Å². The first kappa shape index (κ1) is 14.7. The van der Waals surface area contributed by atoms with E-state index in [1.54, 1.807) is 11.8 Å². The maximum absolute atomic E-state index is 11.7. The molecule has 0 saturated heterocycles. The lowest BCUT2D eigenvalue weighted by Gasteiger charge is -2.05. The summed E-state index contributed by atoms with van der Waals surface area (Å²) in [5, 5.41) is 9.84. The normalized spacial score (nSPS) is 10.4. The van der Waals surface area contributed by atoms with E-state index in [2.05, 4.69) is 15.5 Å². The molecule has 5 heteroatoms. The van der Waals surface area contributed by atoms with E-state index >= 15 is 0 Å². The van der Waals surface area contributed by atoms with E-state index in [0.717, 1.165) is 23.4 Å². The maximum atomic E-state index is 11.7. The van der Waals surface area contributed by atoms with Crippen molar-refractivity contribution in [1.82, 2.24) is 15.5 Å². The molecule has 2 N–H and O–H groups in total. The van der Waals surface area contributed by atoms with Crippen molar-refractivity contribution >= 4 is 17.7 Å². The highest BCUT2D eigenvalue weighted by Gasteiger charge is 2.03. The van der Waals surface area contributed by atoms with Crippen LogP contribution in [0.15, 0.2) is 41.4 Å². The zero-order chi connectivity index (χ0) is 14.2. The Morgan fingerprint density at radius 2 is 2.15 bits per heavy atom. The summed E-state index contributed by atoms with van der Waals surface area (Å²) in [6, 6.07) is 9.96. The maximum Gasteiger partial charge on any atom is 0.230 e. The Labute approximate surface area is 123 Å². The largest absolute Gasteiger partial charge is 0.355 e. The summed E-state index contributed by atoms with van der Waals surface area (Å²) in [5.74, 6) is 0.553. The molecule has 2 aromatic rings. The van der Waals surface area contributed by atoms with Gasteiger partial charge < -0.3 is 5.32 Å². The van der Waals surface area contributed by atoms with Gasteiger partial charge in [0.25, 0.3) is 0 Å². The van der Waals surface area contributed by atoms with E-state index < -0.39 is 0 Å². The molecule has 0 bridgehead atoms. The summed E-state index contributed by atoms with van der Waals surface area (Å²) in [6.45, 7) is 2.72. The number of H-pyrrole nitrogens is 1. The number of rotatable bonds is 7. The number of amides is 1. The van der Waals surface area contributed by atoms with E-state index in [-0.39, 0.29) is 5.91 Å². The molecule has 1 aromatic carbocycles. The molecule has 0 spiro atoms. The minimum Gasteiger partial charge on any atom is -0.355 e. The van der Waals surface area contributed by atoms with Gasteiger partial charge in [0.05, 0.1) is 11.9 Å². The molecule has 20 heavy (non-hydrogen) atoms. The fourth-order valence-electron chi connectivity index (χ4n) is 1.85. The lowest BCUT2D eigenvalue weighted by molar-refractivity contribution is -0.118. The number of carbonyl (C=O) groups is 1. The third kappa shape index (κ3) is 4.74. The van der Waals surface area contributed by atoms with Crippen molar-refractivity contribution in [3.05, 3.63) is 47.8 Å². The number of aromatic nitrogens is 2. The Bertz CT molecular complexity index is 539. The van der Waals surface area contributed by atoms with Crippen LogP contribution < -0.4 is 5.32 Å². The predicted octanol–water partition coefficient (Wildman–Crippen LogP) is 2.56. The lowest BCUT2D eigenvalue weighted by atomic mass is 10.1. The van der Waals surface area contributed by atoms with E-state index in [1.807, 2.05) is 43.5 Å². The molecule has 106 valence electrons. The first-order valence-electron chi connectivity index (χ1n) is 6.69. The number of aromatic amines is 1. The molecular formula is C15H19N3OS. The molecule has 0 fully saturated rings. The van der Waals surface area contributed by atoms with Crippen LogP contribution in [0.25, 0.3) is 0 Å². The van der Waals surface area contributed by atoms with Crippen molar-refractivity contribution < 1.29 is 4.79 Å². The van der Waals surface area contributed by atoms with Crippen LogP contribution in [-0.2, 0) is 11.2 Å². The van der Waals surface area contributed by atoms with Crippen LogP contribution >= 0.6 is 11.8 Å². The third-order valence-electron chi connectivity index (χ3n) is 2.99. The lowest BCUT2D eigenvalue weighted by Crippen LogP contribution is -2.26. The van der Waals surface area contributed by atoms with Crippen molar-refractivity contribution in [2.45, 2.75) is 24.7 Å². The summed E-state index contributed by atoms with van der Waals surface area (Å²) in [4.78, 5) is 12.8. The summed E-state index contributed by atoms with van der Waals surface area (Å²) in [7, 11) is 0. The molecule has 0 atom stereocenters. The molecule has 0 aliphatic rings. The van der Waals surface area contributed by atoms with Crippen LogP contribution in [0.1, 0.15) is 17.7 Å². The van der Waals surface area contributed by atoms with Crippen LogP contribution in [0.3, 0.4) is 0 Å². The van der Waals surface area contributed by atoms with Gasteiger partial charge in [-0.15, -0.1) is 11.8 Å². The molecule has 2 rings (SSSR count). The smallest absolute Gasteiger partial charge is 0.230 e. The minimum absolute atomic E-state index is 0.0859. The van der Waals surface area contributed by atoms with Gasteiger partial charge >= 0.3 is 0 Å². The summed E-state index contributed by atoms with van der Waals surface area (Å²) < 4.78 is 0. The number of carbonyl (C=O) groups excluding carboxylic acids is 1. The number of nitrogens with zero attached hydrogens (tertiary/aromatic N) is 1. The number of hydrogen-bond donors (Lipinski definition) is 2. The quantitative estimate of drug-likeness (QED) is 0.608. The first-order chi connectivity index (χ1) is 9.75. The van der Waals surface area contributed by atoms with Gasteiger partial charge in [0, 0.05) is 17.1 Å². The SMILES string of the molecule is Cc1[nH]ncc1CCCNC(=O)CSc1ccccc1. The standard InChI is InChI=1S/C15H19N3OS/c1-12-13(10-17-18-12)6-5-9-16-15(19)11-20-14-7-3-2-4-8-14/h2-4,7-8,10H,5-6,9,11H2,1H3,(H,16,19)(H,17,18). The second-order valence-corrected chi connectivity index (χ2v) is 5.62. The van der Waals surface area contributed by atoms with Crippen molar-refractivity contribution in [2.24, 2.45) is 0 Å². The number of benzene rings is 1. The van der Waals surface area contributed by atoms with Gasteiger partial charge in [0.1, 0.15) is 0 Å². The van der Waals surface area contributed by atoms with Crippen molar-refractivity contribution in [3.63, 3.8) is 0 Å². The van der Waals surface area contributed by atoms with Crippen LogP contribution in [0.2, 0.25) is 0 Å². The summed E-state index contributed by atoms with van der Waals surface area (Å²) >= 11 is 1.56. The van der Waals surface area contributed by atoms with Gasteiger partial charge in [-0.2, -0.15) is 5.10 Å². The van der Waals surface area contributed by atoms with Gasteiger partial charge in [0.2, 0.25) is 5.91 Å². The average molecular weight is 289 g/mol. The van der Waals surface area contributed by atoms with Crippen LogP contribution in [-0.4, -0.2) is 28.4 Å². The zero-order valence-electron chi connectivity index (χ0n) is 11.6. The topological polar surface area (TPSA) is 57.8 Å². The average Bonchev–Trinajstić information content (AvgIpc) is 2.88. The predicted molar refractivity (Wildman–Crippen MR) is 81.8 cm³/mol. The molecule has 4 nitrogen and oxygen atoms in total. The Morgan fingerprint density at radius 1 is 1.35 bits per heavy atom. The molecule has 0 saturated carbocycles. The van der Waals surface area contributed by atoms with Crippen LogP contribution in [0.5, 0.6) is 0 Å². The zero-order valence-corrected chi connectivity index (χ0v) is 12.4. The summed E-state index contributed by atoms with van der Waals surface area (Å²) in [6.07, 6.45) is 3.72. The van der Waals surface area contributed by atoms with E-state index in [4.69, 9.17) is 0 Å². The molecular weight excluding hydrogens is 270 g/mol. The van der Waals surface area contributed by atoms with Crippen molar-refractivity contribution in [1.29, 1.82) is 0 Å². The highest BCUT2D eigenvalue weighted by molar-refractivity contribution is 8.00. The number of nitrogens with one attached hydrogen (secondary N) is 2. The highest BCUT2D eigenvalue weighted by Crippen LogP contribution is 2.16. The Hall–Kier alpha value is -1.75. The minimum atomic E-state index is 0.0859. The molecule has 0 unspecified atom stereocenters. The monoisotopic (exact) mass is 289 g/mol. The Morgan fingerprint density at radius 3 is 2.85 bits per heavy atom. The van der Waals surface area contributed by atoms with E-state index in [9.17, 15) is 4.79 Å². The molecule has 0 radical (unpaired) electrons. The second kappa shape index (κ2) is 7.75. The number of thioether (sulfide) groups is 1. The molecule has 1 aromatic heterocycles. The first-order valence-corrected chi connectivity index (χ1v) is 7.67. The van der Waals surface area contributed by atoms with Gasteiger partial charge in [-0.3, -0.25) is 9.89 Å². The van der Waals surface area contributed by atoms with E-state index in [1.165, 1.54) is 5.56 Å². The highest BCUT2D eigenvalue weighted by atomic mass is 32.2. The Kier molecular flexibility index (Phi) is 5.68. The van der Waals surface area contributed by atoms with Crippen LogP contribution in [0.4, 0.5) is 0 Å². The van der Waals surface area contributed by atoms with Gasteiger partial charge in [-0.05, 0) is 37.5 Å². The van der Waals surface area contributed by atoms with Gasteiger partial charge in [0.15, 0.2) is 0 Å². The molecule has 1 amide bonds. The van der Waals surface area contributed by atoms with E-state index in [0.29, 0.717) is 12.3 Å². The Balaban J connectivity index is 1.60. The molecule has 1 heterocycles. The van der Waals surface area contributed by atoms with Gasteiger partial charge in [-0.25, -0.2) is 0 Å². The fourth-order valence-corrected chi connectivity index (χ4v) is 2.60. The third-order valence-corrected chi connectivity index (χ3v) is 4.00. The number of aryl methyl sites for hydroxylation is 2. The van der Waals surface area contributed by atoms with Crippen molar-refractivity contribution in [3.8, 4) is 0 Å². The molecule has 0 aliphatic heterocycles. The molecule has 0 aliphatic carbocycles. The number of hydrogen-bond acceptors (Lipinski definition) is 3. The second-order valence-electron chi connectivity index (χ2n) is 4.58.